The Bertz CT molecular complexity index is 580. The lowest BCUT2D eigenvalue weighted by Crippen LogP contribution is -1.86. The van der Waals surface area contributed by atoms with E-state index in [9.17, 15) is 0 Å². The fraction of sp³-hybridized carbons (Fsp3) is 0. The topological polar surface area (TPSA) is 17.8 Å². The Hall–Kier alpha value is -1.65. The third-order valence-corrected chi connectivity index (χ3v) is 4.26. The van der Waals surface area contributed by atoms with Crippen molar-refractivity contribution in [2.24, 2.45) is 0 Å². The minimum Gasteiger partial charge on any atom is -0.208 e. The zero-order valence-corrected chi connectivity index (χ0v) is 11.8. The van der Waals surface area contributed by atoms with Crippen LogP contribution in [0.15, 0.2) is 87.7 Å². The zero-order chi connectivity index (χ0) is 12.9. The van der Waals surface area contributed by atoms with Gasteiger partial charge >= 0.3 is 0 Å². The van der Waals surface area contributed by atoms with E-state index in [2.05, 4.69) is 29.4 Å². The van der Waals surface area contributed by atoms with E-state index < -0.39 is 0 Å². The van der Waals surface area contributed by atoms with Crippen LogP contribution in [0, 0.1) is 0 Å². The smallest absolute Gasteiger partial charge is 0.124 e. The number of nitrogens with zero attached hydrogens (tertiary/aromatic N) is 2. The standard InChI is InChI=1S/C15H12N2S2/c1-3-7-13(8-4-1)18-15-11-12-17(16-15)19-14-9-5-2-6-10-14/h1-12H. The number of benzene rings is 2. The van der Waals surface area contributed by atoms with Crippen LogP contribution in [0.1, 0.15) is 0 Å². The quantitative estimate of drug-likeness (QED) is 0.698. The van der Waals surface area contributed by atoms with Gasteiger partial charge < -0.3 is 0 Å². The molecule has 0 N–H and O–H groups in total. The molecule has 0 aliphatic heterocycles. The summed E-state index contributed by atoms with van der Waals surface area (Å²) in [5, 5.41) is 5.55. The molecule has 1 aromatic heterocycles. The first-order valence-electron chi connectivity index (χ1n) is 5.92. The average molecular weight is 284 g/mol. The molecule has 0 aliphatic carbocycles. The molecule has 0 saturated carbocycles. The summed E-state index contributed by atoms with van der Waals surface area (Å²) in [5.74, 6) is 0. The van der Waals surface area contributed by atoms with Gasteiger partial charge in [-0.2, -0.15) is 5.10 Å². The van der Waals surface area contributed by atoms with Crippen LogP contribution in [0.2, 0.25) is 0 Å². The van der Waals surface area contributed by atoms with E-state index in [1.54, 1.807) is 23.7 Å². The van der Waals surface area contributed by atoms with Crippen molar-refractivity contribution in [2.75, 3.05) is 0 Å². The van der Waals surface area contributed by atoms with E-state index in [-0.39, 0.29) is 0 Å². The molecule has 0 spiro atoms. The third kappa shape index (κ3) is 3.43. The van der Waals surface area contributed by atoms with E-state index >= 15 is 0 Å². The Labute approximate surface area is 121 Å². The average Bonchev–Trinajstić information content (AvgIpc) is 2.88. The van der Waals surface area contributed by atoms with Gasteiger partial charge in [0.25, 0.3) is 0 Å². The van der Waals surface area contributed by atoms with Gasteiger partial charge in [-0.3, -0.25) is 0 Å². The molecule has 0 atom stereocenters. The van der Waals surface area contributed by atoms with Gasteiger partial charge in [0.05, 0.1) is 0 Å². The fourth-order valence-electron chi connectivity index (χ4n) is 1.60. The summed E-state index contributed by atoms with van der Waals surface area (Å²) in [7, 11) is 0. The van der Waals surface area contributed by atoms with E-state index in [0.717, 1.165) is 5.03 Å². The lowest BCUT2D eigenvalue weighted by atomic mass is 10.4. The van der Waals surface area contributed by atoms with Gasteiger partial charge in [-0.1, -0.05) is 48.2 Å². The number of hydrogen-bond acceptors (Lipinski definition) is 3. The van der Waals surface area contributed by atoms with Crippen molar-refractivity contribution < 1.29 is 0 Å². The van der Waals surface area contributed by atoms with Gasteiger partial charge in [0.2, 0.25) is 0 Å². The highest BCUT2D eigenvalue weighted by molar-refractivity contribution is 7.99. The number of hydrogen-bond donors (Lipinski definition) is 0. The maximum atomic E-state index is 4.54. The molecule has 0 amide bonds. The van der Waals surface area contributed by atoms with Gasteiger partial charge in [-0.15, -0.1) is 0 Å². The van der Waals surface area contributed by atoms with Crippen molar-refractivity contribution in [3.05, 3.63) is 72.9 Å². The van der Waals surface area contributed by atoms with E-state index in [1.165, 1.54) is 9.79 Å². The Morgan fingerprint density at radius 3 is 2.05 bits per heavy atom. The molecule has 94 valence electrons. The molecule has 0 aliphatic rings. The van der Waals surface area contributed by atoms with Crippen LogP contribution in [0.5, 0.6) is 0 Å². The van der Waals surface area contributed by atoms with Crippen LogP contribution in [-0.2, 0) is 0 Å². The molecule has 0 radical (unpaired) electrons. The van der Waals surface area contributed by atoms with Crippen molar-refractivity contribution >= 4 is 23.7 Å². The number of rotatable bonds is 4. The first-order chi connectivity index (χ1) is 9.40. The maximum absolute atomic E-state index is 4.54. The molecule has 0 bridgehead atoms. The van der Waals surface area contributed by atoms with Gasteiger partial charge in [0.1, 0.15) is 5.03 Å². The molecule has 4 heteroatoms. The summed E-state index contributed by atoms with van der Waals surface area (Å²) in [6.07, 6.45) is 1.99. The highest BCUT2D eigenvalue weighted by Crippen LogP contribution is 2.27. The second-order valence-corrected chi connectivity index (χ2v) is 6.00. The first-order valence-corrected chi connectivity index (χ1v) is 7.51. The Morgan fingerprint density at radius 2 is 1.37 bits per heavy atom. The summed E-state index contributed by atoms with van der Waals surface area (Å²) in [4.78, 5) is 2.39. The van der Waals surface area contributed by atoms with Crippen LogP contribution in [-0.4, -0.2) is 9.19 Å². The van der Waals surface area contributed by atoms with Gasteiger partial charge in [-0.05, 0) is 30.3 Å². The Kier molecular flexibility index (Phi) is 3.91. The van der Waals surface area contributed by atoms with Crippen molar-refractivity contribution in [3.8, 4) is 0 Å². The predicted octanol–water partition coefficient (Wildman–Crippen LogP) is 4.59. The fourth-order valence-corrected chi connectivity index (χ4v) is 3.18. The molecule has 0 saturated heterocycles. The molecule has 2 nitrogen and oxygen atoms in total. The molecule has 3 rings (SSSR count). The van der Waals surface area contributed by atoms with Crippen molar-refractivity contribution in [2.45, 2.75) is 14.8 Å². The highest BCUT2D eigenvalue weighted by atomic mass is 32.2. The van der Waals surface area contributed by atoms with E-state index in [1.807, 2.05) is 52.7 Å². The monoisotopic (exact) mass is 284 g/mol. The summed E-state index contributed by atoms with van der Waals surface area (Å²) in [6, 6.07) is 22.6. The molecule has 1 heterocycles. The lowest BCUT2D eigenvalue weighted by Gasteiger charge is -2.00. The number of aromatic nitrogens is 2. The Morgan fingerprint density at radius 1 is 0.737 bits per heavy atom. The van der Waals surface area contributed by atoms with Gasteiger partial charge in [-0.25, -0.2) is 4.09 Å². The van der Waals surface area contributed by atoms with Gasteiger partial charge in [0.15, 0.2) is 0 Å². The van der Waals surface area contributed by atoms with Crippen LogP contribution in [0.4, 0.5) is 0 Å². The predicted molar refractivity (Wildman–Crippen MR) is 80.5 cm³/mol. The van der Waals surface area contributed by atoms with Crippen LogP contribution in [0.25, 0.3) is 0 Å². The summed E-state index contributed by atoms with van der Waals surface area (Å²) in [6.45, 7) is 0. The third-order valence-electron chi connectivity index (χ3n) is 2.45. The van der Waals surface area contributed by atoms with Crippen molar-refractivity contribution in [1.29, 1.82) is 0 Å². The van der Waals surface area contributed by atoms with Crippen LogP contribution >= 0.6 is 23.7 Å². The van der Waals surface area contributed by atoms with Gasteiger partial charge in [0, 0.05) is 27.9 Å². The zero-order valence-electron chi connectivity index (χ0n) is 10.1. The molecular weight excluding hydrogens is 272 g/mol. The normalized spacial score (nSPS) is 10.5. The summed E-state index contributed by atoms with van der Waals surface area (Å²) >= 11 is 3.28. The van der Waals surface area contributed by atoms with Crippen LogP contribution in [0.3, 0.4) is 0 Å². The summed E-state index contributed by atoms with van der Waals surface area (Å²) < 4.78 is 1.89. The van der Waals surface area contributed by atoms with Crippen molar-refractivity contribution in [1.82, 2.24) is 9.19 Å². The molecule has 3 aromatic rings. The molecule has 19 heavy (non-hydrogen) atoms. The Balaban J connectivity index is 1.70. The lowest BCUT2D eigenvalue weighted by molar-refractivity contribution is 0.940. The van der Waals surface area contributed by atoms with Crippen molar-refractivity contribution in [3.63, 3.8) is 0 Å². The SMILES string of the molecule is c1ccc(Sc2ccn(Sc3ccccc3)n2)cc1. The summed E-state index contributed by atoms with van der Waals surface area (Å²) in [5.41, 5.74) is 0. The second kappa shape index (κ2) is 5.99. The molecule has 2 aromatic carbocycles. The van der Waals surface area contributed by atoms with E-state index in [4.69, 9.17) is 0 Å². The van der Waals surface area contributed by atoms with Crippen LogP contribution < -0.4 is 0 Å². The minimum atomic E-state index is 1.01. The molecule has 0 fully saturated rings. The second-order valence-electron chi connectivity index (χ2n) is 3.88. The minimum absolute atomic E-state index is 1.01. The first kappa shape index (κ1) is 12.4. The highest BCUT2D eigenvalue weighted by Gasteiger charge is 2.02. The van der Waals surface area contributed by atoms with E-state index in [0.29, 0.717) is 0 Å². The molecular formula is C15H12N2S2. The largest absolute Gasteiger partial charge is 0.208 e. The molecule has 0 unspecified atom stereocenters. The maximum Gasteiger partial charge on any atom is 0.124 e.